The van der Waals surface area contributed by atoms with Crippen LogP contribution < -0.4 is 5.43 Å². The molecule has 0 aliphatic carbocycles. The molecule has 0 fully saturated rings. The summed E-state index contributed by atoms with van der Waals surface area (Å²) < 4.78 is 2.09. The molecule has 4 aromatic carbocycles. The van der Waals surface area contributed by atoms with Crippen LogP contribution >= 0.6 is 11.3 Å². The summed E-state index contributed by atoms with van der Waals surface area (Å²) in [6, 6.07) is 42.1. The normalized spacial score (nSPS) is 11.6. The summed E-state index contributed by atoms with van der Waals surface area (Å²) >= 11 is 1.54. The maximum atomic E-state index is 5.18. The average Bonchev–Trinajstić information content (AvgIpc) is 3.65. The first-order valence-corrected chi connectivity index (χ1v) is 13.7. The molecule has 190 valence electrons. The SMILES string of the molecule is Cc1csc(NN=Cc2ccc(-c3ccn(C(c4ccccc4)(c4ccccc4)c4ccccc4)n3)cc2)n1. The van der Waals surface area contributed by atoms with Gasteiger partial charge >= 0.3 is 0 Å². The van der Waals surface area contributed by atoms with Crippen molar-refractivity contribution in [3.8, 4) is 11.3 Å². The van der Waals surface area contributed by atoms with Crippen LogP contribution in [0.4, 0.5) is 5.13 Å². The van der Waals surface area contributed by atoms with E-state index < -0.39 is 5.54 Å². The molecule has 2 heterocycles. The highest BCUT2D eigenvalue weighted by Crippen LogP contribution is 2.40. The van der Waals surface area contributed by atoms with Crippen molar-refractivity contribution in [3.63, 3.8) is 0 Å². The minimum atomic E-state index is -0.630. The van der Waals surface area contributed by atoms with Gasteiger partial charge in [0.15, 0.2) is 0 Å². The number of nitrogens with zero attached hydrogens (tertiary/aromatic N) is 4. The molecule has 0 saturated carbocycles. The van der Waals surface area contributed by atoms with Crippen LogP contribution in [-0.2, 0) is 5.54 Å². The summed E-state index contributed by atoms with van der Waals surface area (Å²) in [4.78, 5) is 4.37. The van der Waals surface area contributed by atoms with E-state index in [1.807, 2.05) is 24.4 Å². The van der Waals surface area contributed by atoms with E-state index in [1.54, 1.807) is 6.21 Å². The molecule has 0 unspecified atom stereocenters. The molecule has 1 N–H and O–H groups in total. The first kappa shape index (κ1) is 24.5. The zero-order valence-electron chi connectivity index (χ0n) is 21.5. The predicted octanol–water partition coefficient (Wildman–Crippen LogP) is 7.60. The summed E-state index contributed by atoms with van der Waals surface area (Å²) in [6.45, 7) is 1.97. The lowest BCUT2D eigenvalue weighted by molar-refractivity contribution is 0.461. The lowest BCUT2D eigenvalue weighted by Crippen LogP contribution is -2.38. The standard InChI is InChI=1S/C33H27N5S/c1-25-24-39-32(35-25)36-34-23-26-17-19-27(20-18-26)31-21-22-38(37-31)33(28-11-5-2-6-12-28,29-13-7-3-8-14-29)30-15-9-4-10-16-30/h2-24H,1H3,(H,35,36). The Morgan fingerprint density at radius 1 is 0.744 bits per heavy atom. The highest BCUT2D eigenvalue weighted by atomic mass is 32.1. The average molecular weight is 526 g/mol. The maximum Gasteiger partial charge on any atom is 0.203 e. The molecule has 5 nitrogen and oxygen atoms in total. The fraction of sp³-hybridized carbons (Fsp3) is 0.0606. The second kappa shape index (κ2) is 10.9. The van der Waals surface area contributed by atoms with Gasteiger partial charge in [-0.15, -0.1) is 11.3 Å². The van der Waals surface area contributed by atoms with Crippen LogP contribution in [0.5, 0.6) is 0 Å². The fourth-order valence-corrected chi connectivity index (χ4v) is 5.54. The van der Waals surface area contributed by atoms with E-state index in [0.29, 0.717) is 0 Å². The van der Waals surface area contributed by atoms with Crippen molar-refractivity contribution < 1.29 is 0 Å². The van der Waals surface area contributed by atoms with E-state index >= 15 is 0 Å². The molecule has 0 atom stereocenters. The van der Waals surface area contributed by atoms with Crippen LogP contribution in [0.25, 0.3) is 11.3 Å². The first-order valence-electron chi connectivity index (χ1n) is 12.8. The predicted molar refractivity (Wildman–Crippen MR) is 160 cm³/mol. The van der Waals surface area contributed by atoms with Gasteiger partial charge in [-0.05, 0) is 35.2 Å². The van der Waals surface area contributed by atoms with Crippen molar-refractivity contribution in [2.24, 2.45) is 5.10 Å². The third-order valence-corrected chi connectivity index (χ3v) is 7.57. The number of anilines is 1. The first-order chi connectivity index (χ1) is 19.2. The minimum Gasteiger partial charge on any atom is -0.253 e. The smallest absolute Gasteiger partial charge is 0.203 e. The molecule has 0 aliphatic heterocycles. The zero-order chi connectivity index (χ0) is 26.5. The number of benzene rings is 4. The molecule has 39 heavy (non-hydrogen) atoms. The van der Waals surface area contributed by atoms with Gasteiger partial charge in [0.1, 0.15) is 5.54 Å². The highest BCUT2D eigenvalue weighted by molar-refractivity contribution is 7.13. The van der Waals surface area contributed by atoms with Gasteiger partial charge in [-0.25, -0.2) is 4.98 Å². The number of aryl methyl sites for hydroxylation is 1. The second-order valence-corrected chi connectivity index (χ2v) is 10.1. The Bertz CT molecular complexity index is 1570. The summed E-state index contributed by atoms with van der Waals surface area (Å²) in [5.41, 5.74) is 9.71. The van der Waals surface area contributed by atoms with Crippen molar-refractivity contribution in [2.45, 2.75) is 12.5 Å². The lowest BCUT2D eigenvalue weighted by atomic mass is 9.77. The second-order valence-electron chi connectivity index (χ2n) is 9.24. The molecule has 0 aliphatic rings. The minimum absolute atomic E-state index is 0.630. The van der Waals surface area contributed by atoms with Gasteiger partial charge in [0.25, 0.3) is 0 Å². The molecular formula is C33H27N5S. The van der Waals surface area contributed by atoms with Gasteiger partial charge in [0, 0.05) is 17.1 Å². The van der Waals surface area contributed by atoms with Crippen LogP contribution in [0, 0.1) is 6.92 Å². The number of hydrogen-bond acceptors (Lipinski definition) is 5. The summed E-state index contributed by atoms with van der Waals surface area (Å²) in [5, 5.41) is 12.3. The van der Waals surface area contributed by atoms with Crippen molar-refractivity contribution >= 4 is 22.7 Å². The topological polar surface area (TPSA) is 55.1 Å². The van der Waals surface area contributed by atoms with E-state index in [1.165, 1.54) is 11.3 Å². The van der Waals surface area contributed by atoms with E-state index in [9.17, 15) is 0 Å². The number of nitrogens with one attached hydrogen (secondary N) is 1. The summed E-state index contributed by atoms with van der Waals surface area (Å²) in [7, 11) is 0. The third kappa shape index (κ3) is 4.90. The van der Waals surface area contributed by atoms with Gasteiger partial charge in [-0.1, -0.05) is 115 Å². The molecule has 0 spiro atoms. The van der Waals surface area contributed by atoms with Crippen molar-refractivity contribution in [1.82, 2.24) is 14.8 Å². The Morgan fingerprint density at radius 3 is 1.82 bits per heavy atom. The molecule has 0 saturated heterocycles. The van der Waals surface area contributed by atoms with Gasteiger partial charge < -0.3 is 0 Å². The van der Waals surface area contributed by atoms with Gasteiger partial charge in [-0.3, -0.25) is 10.1 Å². The number of hydrazone groups is 1. The molecule has 6 heteroatoms. The van der Waals surface area contributed by atoms with E-state index in [0.717, 1.165) is 44.3 Å². The van der Waals surface area contributed by atoms with Crippen molar-refractivity contribution in [2.75, 3.05) is 5.43 Å². The third-order valence-electron chi connectivity index (χ3n) is 6.71. The number of aromatic nitrogens is 3. The quantitative estimate of drug-likeness (QED) is 0.126. The van der Waals surface area contributed by atoms with Crippen LogP contribution in [0.3, 0.4) is 0 Å². The maximum absolute atomic E-state index is 5.18. The number of hydrogen-bond donors (Lipinski definition) is 1. The molecule has 2 aromatic heterocycles. The van der Waals surface area contributed by atoms with Crippen LogP contribution in [-0.4, -0.2) is 21.0 Å². The van der Waals surface area contributed by atoms with Crippen molar-refractivity contribution in [3.05, 3.63) is 161 Å². The lowest BCUT2D eigenvalue weighted by Gasteiger charge is -2.36. The van der Waals surface area contributed by atoms with Crippen LogP contribution in [0.2, 0.25) is 0 Å². The van der Waals surface area contributed by atoms with E-state index in [-0.39, 0.29) is 0 Å². The Morgan fingerprint density at radius 2 is 1.31 bits per heavy atom. The largest absolute Gasteiger partial charge is 0.253 e. The molecule has 6 rings (SSSR count). The molecule has 6 aromatic rings. The molecule has 0 bridgehead atoms. The Kier molecular flexibility index (Phi) is 6.85. The highest BCUT2D eigenvalue weighted by Gasteiger charge is 2.39. The summed E-state index contributed by atoms with van der Waals surface area (Å²) in [5.74, 6) is 0. The number of thiazole rings is 1. The molecule has 0 radical (unpaired) electrons. The fourth-order valence-electron chi connectivity index (χ4n) is 4.91. The molecular weight excluding hydrogens is 498 g/mol. The van der Waals surface area contributed by atoms with Crippen LogP contribution in [0.1, 0.15) is 27.9 Å². The van der Waals surface area contributed by atoms with E-state index in [2.05, 4.69) is 136 Å². The van der Waals surface area contributed by atoms with Gasteiger partial charge in [0.2, 0.25) is 5.13 Å². The summed E-state index contributed by atoms with van der Waals surface area (Å²) in [6.07, 6.45) is 3.88. The zero-order valence-corrected chi connectivity index (χ0v) is 22.3. The van der Waals surface area contributed by atoms with Gasteiger partial charge in [-0.2, -0.15) is 10.2 Å². The van der Waals surface area contributed by atoms with Crippen molar-refractivity contribution in [1.29, 1.82) is 0 Å². The number of rotatable bonds is 8. The Labute approximate surface area is 232 Å². The molecule has 0 amide bonds. The van der Waals surface area contributed by atoms with Gasteiger partial charge in [0.05, 0.1) is 17.6 Å². The monoisotopic (exact) mass is 525 g/mol. The van der Waals surface area contributed by atoms with Crippen LogP contribution in [0.15, 0.2) is 138 Å². The Hall–Kier alpha value is -4.81. The Balaban J connectivity index is 1.38. The van der Waals surface area contributed by atoms with E-state index in [4.69, 9.17) is 5.10 Å².